The molecular formula is C14H16IN3O. The molecule has 5 heteroatoms. The van der Waals surface area contributed by atoms with Crippen molar-refractivity contribution in [3.8, 4) is 17.9 Å². The summed E-state index contributed by atoms with van der Waals surface area (Å²) >= 11 is 2.10. The summed E-state index contributed by atoms with van der Waals surface area (Å²) in [5, 5.41) is 17.7. The van der Waals surface area contributed by atoms with E-state index in [1.165, 1.54) is 0 Å². The van der Waals surface area contributed by atoms with Gasteiger partial charge in [-0.25, -0.2) is 0 Å². The first-order valence-electron chi connectivity index (χ1n) is 5.93. The number of nitrogens with two attached hydrogens (primary N) is 1. The number of ether oxygens (including phenoxy) is 1. The molecule has 4 nitrogen and oxygen atoms in total. The van der Waals surface area contributed by atoms with E-state index in [1.54, 1.807) is 12.1 Å². The zero-order valence-corrected chi connectivity index (χ0v) is 13.2. The van der Waals surface area contributed by atoms with E-state index in [4.69, 9.17) is 21.0 Å². The summed E-state index contributed by atoms with van der Waals surface area (Å²) in [6, 6.07) is 7.66. The van der Waals surface area contributed by atoms with Gasteiger partial charge in [0.1, 0.15) is 0 Å². The Bertz CT molecular complexity index is 518. The number of benzene rings is 1. The largest absolute Gasteiger partial charge is 0.490 e. The van der Waals surface area contributed by atoms with Crippen LogP contribution in [0.5, 0.6) is 5.75 Å². The molecule has 0 atom stereocenters. The summed E-state index contributed by atoms with van der Waals surface area (Å²) in [7, 11) is 0. The van der Waals surface area contributed by atoms with Gasteiger partial charge in [0, 0.05) is 0 Å². The Hall–Kier alpha value is -1.47. The summed E-state index contributed by atoms with van der Waals surface area (Å²) in [5.41, 5.74) is 6.53. The molecule has 0 aliphatic rings. The highest BCUT2D eigenvalue weighted by atomic mass is 127. The van der Waals surface area contributed by atoms with Gasteiger partial charge in [-0.1, -0.05) is 0 Å². The van der Waals surface area contributed by atoms with Crippen molar-refractivity contribution in [2.75, 3.05) is 12.3 Å². The number of hydrogen-bond donors (Lipinski definition) is 1. The zero-order valence-electron chi connectivity index (χ0n) is 11.0. The molecule has 1 aromatic carbocycles. The van der Waals surface area contributed by atoms with Crippen LogP contribution in [0.1, 0.15) is 32.3 Å². The van der Waals surface area contributed by atoms with E-state index in [-0.39, 0.29) is 5.41 Å². The Labute approximate surface area is 127 Å². The van der Waals surface area contributed by atoms with Crippen LogP contribution < -0.4 is 10.5 Å². The van der Waals surface area contributed by atoms with E-state index in [0.717, 1.165) is 16.4 Å². The molecular weight excluding hydrogens is 353 g/mol. The van der Waals surface area contributed by atoms with Crippen molar-refractivity contribution in [2.24, 2.45) is 5.41 Å². The van der Waals surface area contributed by atoms with Gasteiger partial charge in [0.25, 0.3) is 0 Å². The van der Waals surface area contributed by atoms with Crippen LogP contribution in [0.4, 0.5) is 5.69 Å². The SMILES string of the molecule is CC(C)(C#N)CCCOc1c(N)cc(C#N)cc1I. The molecule has 0 aliphatic heterocycles. The smallest absolute Gasteiger partial charge is 0.155 e. The fourth-order valence-electron chi connectivity index (χ4n) is 1.58. The number of anilines is 1. The van der Waals surface area contributed by atoms with Crippen LogP contribution >= 0.6 is 22.6 Å². The topological polar surface area (TPSA) is 82.8 Å². The monoisotopic (exact) mass is 369 g/mol. The van der Waals surface area contributed by atoms with Crippen LogP contribution in [0.15, 0.2) is 12.1 Å². The quantitative estimate of drug-likeness (QED) is 0.490. The highest BCUT2D eigenvalue weighted by Gasteiger charge is 2.16. The molecule has 0 bridgehead atoms. The average Bonchev–Trinajstić information content (AvgIpc) is 2.36. The fraction of sp³-hybridized carbons (Fsp3) is 0.429. The molecule has 0 aliphatic carbocycles. The standard InChI is InChI=1S/C14H16IN3O/c1-14(2,9-17)4-3-5-19-13-11(15)6-10(8-16)7-12(13)18/h6-7H,3-5,18H2,1-2H3. The van der Waals surface area contributed by atoms with Crippen molar-refractivity contribution < 1.29 is 4.74 Å². The Kier molecular flexibility index (Phi) is 5.44. The van der Waals surface area contributed by atoms with Crippen LogP contribution in [0.3, 0.4) is 0 Å². The molecule has 0 saturated heterocycles. The maximum Gasteiger partial charge on any atom is 0.155 e. The first-order chi connectivity index (χ1) is 8.89. The van der Waals surface area contributed by atoms with E-state index in [2.05, 4.69) is 34.7 Å². The summed E-state index contributed by atoms with van der Waals surface area (Å²) < 4.78 is 6.48. The highest BCUT2D eigenvalue weighted by Crippen LogP contribution is 2.30. The predicted octanol–water partition coefficient (Wildman–Crippen LogP) is 3.45. The zero-order chi connectivity index (χ0) is 14.5. The molecule has 0 amide bonds. The Morgan fingerprint density at radius 1 is 1.37 bits per heavy atom. The number of nitrogen functional groups attached to an aromatic ring is 1. The lowest BCUT2D eigenvalue weighted by Gasteiger charge is -2.16. The third-order valence-electron chi connectivity index (χ3n) is 2.70. The molecule has 0 fully saturated rings. The molecule has 19 heavy (non-hydrogen) atoms. The van der Waals surface area contributed by atoms with Gasteiger partial charge in [-0.2, -0.15) is 10.5 Å². The van der Waals surface area contributed by atoms with Gasteiger partial charge >= 0.3 is 0 Å². The minimum atomic E-state index is -0.327. The second-order valence-electron chi connectivity index (χ2n) is 4.94. The number of halogens is 1. The Balaban J connectivity index is 2.61. The number of rotatable bonds is 5. The van der Waals surface area contributed by atoms with E-state index in [9.17, 15) is 0 Å². The number of nitrogens with zero attached hydrogens (tertiary/aromatic N) is 2. The van der Waals surface area contributed by atoms with Crippen LogP contribution in [0, 0.1) is 31.6 Å². The molecule has 0 aromatic heterocycles. The Morgan fingerprint density at radius 3 is 2.58 bits per heavy atom. The molecule has 0 heterocycles. The maximum absolute atomic E-state index is 8.91. The molecule has 0 spiro atoms. The first-order valence-corrected chi connectivity index (χ1v) is 7.00. The highest BCUT2D eigenvalue weighted by molar-refractivity contribution is 14.1. The molecule has 100 valence electrons. The lowest BCUT2D eigenvalue weighted by molar-refractivity contribution is 0.284. The van der Waals surface area contributed by atoms with E-state index >= 15 is 0 Å². The number of nitriles is 2. The number of hydrogen-bond acceptors (Lipinski definition) is 4. The molecule has 0 radical (unpaired) electrons. The summed E-state index contributed by atoms with van der Waals surface area (Å²) in [4.78, 5) is 0. The first kappa shape index (κ1) is 15.6. The maximum atomic E-state index is 8.91. The second kappa shape index (κ2) is 6.63. The normalized spacial score (nSPS) is 10.6. The van der Waals surface area contributed by atoms with Crippen molar-refractivity contribution in [3.05, 3.63) is 21.3 Å². The van der Waals surface area contributed by atoms with Gasteiger partial charge in [0.2, 0.25) is 0 Å². The van der Waals surface area contributed by atoms with Gasteiger partial charge < -0.3 is 10.5 Å². The fourth-order valence-corrected chi connectivity index (χ4v) is 2.38. The minimum Gasteiger partial charge on any atom is -0.490 e. The van der Waals surface area contributed by atoms with Crippen molar-refractivity contribution in [1.82, 2.24) is 0 Å². The average molecular weight is 369 g/mol. The second-order valence-corrected chi connectivity index (χ2v) is 6.10. The van der Waals surface area contributed by atoms with Crippen molar-refractivity contribution >= 4 is 28.3 Å². The van der Waals surface area contributed by atoms with E-state index in [0.29, 0.717) is 23.6 Å². The van der Waals surface area contributed by atoms with Gasteiger partial charge in [0.05, 0.1) is 39.0 Å². The van der Waals surface area contributed by atoms with Crippen LogP contribution in [0.25, 0.3) is 0 Å². The van der Waals surface area contributed by atoms with Gasteiger partial charge in [-0.3, -0.25) is 0 Å². The lowest BCUT2D eigenvalue weighted by Crippen LogP contribution is -2.10. The van der Waals surface area contributed by atoms with Crippen molar-refractivity contribution in [2.45, 2.75) is 26.7 Å². The molecule has 0 saturated carbocycles. The molecule has 1 rings (SSSR count). The van der Waals surface area contributed by atoms with E-state index < -0.39 is 0 Å². The summed E-state index contributed by atoms with van der Waals surface area (Å²) in [6.07, 6.45) is 1.56. The third-order valence-corrected chi connectivity index (χ3v) is 3.50. The minimum absolute atomic E-state index is 0.327. The Morgan fingerprint density at radius 2 is 2.05 bits per heavy atom. The van der Waals surface area contributed by atoms with Crippen molar-refractivity contribution in [1.29, 1.82) is 10.5 Å². The third kappa shape index (κ3) is 4.60. The molecule has 1 aromatic rings. The van der Waals surface area contributed by atoms with Crippen LogP contribution in [0.2, 0.25) is 0 Å². The summed E-state index contributed by atoms with van der Waals surface area (Å²) in [5.74, 6) is 0.620. The van der Waals surface area contributed by atoms with Gasteiger partial charge in [-0.05, 0) is 61.4 Å². The van der Waals surface area contributed by atoms with Gasteiger partial charge in [0.15, 0.2) is 5.75 Å². The van der Waals surface area contributed by atoms with Crippen LogP contribution in [-0.2, 0) is 0 Å². The van der Waals surface area contributed by atoms with Gasteiger partial charge in [-0.15, -0.1) is 0 Å². The summed E-state index contributed by atoms with van der Waals surface area (Å²) in [6.45, 7) is 4.33. The van der Waals surface area contributed by atoms with E-state index in [1.807, 2.05) is 13.8 Å². The van der Waals surface area contributed by atoms with Crippen LogP contribution in [-0.4, -0.2) is 6.61 Å². The molecule has 2 N–H and O–H groups in total. The lowest BCUT2D eigenvalue weighted by atomic mass is 9.90. The predicted molar refractivity (Wildman–Crippen MR) is 82.4 cm³/mol. The molecule has 0 unspecified atom stereocenters. The van der Waals surface area contributed by atoms with Crippen molar-refractivity contribution in [3.63, 3.8) is 0 Å².